The number of amides is 2. The molecule has 1 saturated heterocycles. The number of benzene rings is 1. The van der Waals surface area contributed by atoms with Gasteiger partial charge in [0.2, 0.25) is 11.8 Å². The molecule has 21 heavy (non-hydrogen) atoms. The number of hydrogen-bond donors (Lipinski definition) is 1. The molecule has 5 heteroatoms. The first-order valence-electron chi connectivity index (χ1n) is 7.25. The second-order valence-electron chi connectivity index (χ2n) is 5.58. The molecule has 0 atom stereocenters. The summed E-state index contributed by atoms with van der Waals surface area (Å²) in [5.41, 5.74) is 1.47. The van der Waals surface area contributed by atoms with Gasteiger partial charge in [-0.05, 0) is 37.0 Å². The zero-order valence-electron chi connectivity index (χ0n) is 12.5. The molecule has 0 bridgehead atoms. The number of nitrogens with one attached hydrogen (secondary N) is 1. The molecule has 0 aromatic heterocycles. The van der Waals surface area contributed by atoms with Crippen LogP contribution in [-0.4, -0.2) is 29.8 Å². The Morgan fingerprint density at radius 3 is 2.57 bits per heavy atom. The third kappa shape index (κ3) is 4.03. The summed E-state index contributed by atoms with van der Waals surface area (Å²) in [6.45, 7) is 4.95. The van der Waals surface area contributed by atoms with Crippen molar-refractivity contribution in [1.82, 2.24) is 10.2 Å². The number of carbonyl (C=O) groups is 2. The van der Waals surface area contributed by atoms with E-state index in [1.54, 1.807) is 30.9 Å². The minimum atomic E-state index is -0.235. The maximum Gasteiger partial charge on any atom is 0.223 e. The van der Waals surface area contributed by atoms with Crippen molar-refractivity contribution in [1.29, 1.82) is 0 Å². The molecule has 1 aromatic carbocycles. The lowest BCUT2D eigenvalue weighted by Gasteiger charge is -2.30. The van der Waals surface area contributed by atoms with E-state index in [2.05, 4.69) is 5.32 Å². The van der Waals surface area contributed by atoms with Crippen molar-refractivity contribution in [3.8, 4) is 0 Å². The highest BCUT2D eigenvalue weighted by Crippen LogP contribution is 2.17. The Morgan fingerprint density at radius 2 is 2.00 bits per heavy atom. The van der Waals surface area contributed by atoms with E-state index in [4.69, 9.17) is 0 Å². The van der Waals surface area contributed by atoms with Gasteiger partial charge in [-0.3, -0.25) is 9.59 Å². The Labute approximate surface area is 124 Å². The number of carbonyl (C=O) groups excluding carboxylic acids is 2. The highest BCUT2D eigenvalue weighted by Gasteiger charge is 2.25. The van der Waals surface area contributed by atoms with Crippen LogP contribution in [0.15, 0.2) is 18.2 Å². The number of nitrogens with zero attached hydrogens (tertiary/aromatic N) is 1. The largest absolute Gasteiger partial charge is 0.352 e. The fourth-order valence-corrected chi connectivity index (χ4v) is 2.61. The average Bonchev–Trinajstić information content (AvgIpc) is 2.48. The van der Waals surface area contributed by atoms with Crippen LogP contribution >= 0.6 is 0 Å². The quantitative estimate of drug-likeness (QED) is 0.926. The van der Waals surface area contributed by atoms with E-state index >= 15 is 0 Å². The van der Waals surface area contributed by atoms with Crippen LogP contribution in [0.25, 0.3) is 0 Å². The van der Waals surface area contributed by atoms with Gasteiger partial charge in [-0.2, -0.15) is 0 Å². The maximum atomic E-state index is 13.2. The highest BCUT2D eigenvalue weighted by atomic mass is 19.1. The molecule has 1 aliphatic heterocycles. The first kappa shape index (κ1) is 15.5. The first-order chi connectivity index (χ1) is 9.97. The molecule has 2 rings (SSSR count). The lowest BCUT2D eigenvalue weighted by molar-refractivity contribution is -0.134. The molecule has 0 spiro atoms. The normalized spacial score (nSPS) is 15.9. The van der Waals surface area contributed by atoms with Crippen LogP contribution in [0.1, 0.15) is 30.9 Å². The van der Waals surface area contributed by atoms with Crippen molar-refractivity contribution in [2.75, 3.05) is 13.1 Å². The molecule has 0 radical (unpaired) electrons. The summed E-state index contributed by atoms with van der Waals surface area (Å²) in [5, 5.41) is 2.89. The number of rotatable bonds is 3. The van der Waals surface area contributed by atoms with Gasteiger partial charge in [0.1, 0.15) is 5.82 Å². The standard InChI is InChI=1S/C16H21FN2O2/c1-11-9-13(3-4-15(11)17)10-18-16(21)14-5-7-19(8-6-14)12(2)20/h3-4,9,14H,5-8,10H2,1-2H3,(H,18,21). The lowest BCUT2D eigenvalue weighted by atomic mass is 9.96. The summed E-state index contributed by atoms with van der Waals surface area (Å²) in [5.74, 6) is -0.195. The van der Waals surface area contributed by atoms with Gasteiger partial charge in [0, 0.05) is 32.5 Å². The van der Waals surface area contributed by atoms with Gasteiger partial charge < -0.3 is 10.2 Å². The Morgan fingerprint density at radius 1 is 1.33 bits per heavy atom. The molecule has 1 aromatic rings. The molecule has 0 aliphatic carbocycles. The van der Waals surface area contributed by atoms with Crippen molar-refractivity contribution in [3.05, 3.63) is 35.1 Å². The number of hydrogen-bond acceptors (Lipinski definition) is 2. The molecule has 1 fully saturated rings. The van der Waals surface area contributed by atoms with Crippen LogP contribution < -0.4 is 5.32 Å². The van der Waals surface area contributed by atoms with Crippen molar-refractivity contribution < 1.29 is 14.0 Å². The minimum absolute atomic E-state index is 0.0141. The second-order valence-corrected chi connectivity index (χ2v) is 5.58. The van der Waals surface area contributed by atoms with E-state index in [9.17, 15) is 14.0 Å². The molecule has 1 N–H and O–H groups in total. The molecule has 2 amide bonds. The minimum Gasteiger partial charge on any atom is -0.352 e. The summed E-state index contributed by atoms with van der Waals surface area (Å²) >= 11 is 0. The van der Waals surface area contributed by atoms with E-state index in [0.29, 0.717) is 38.0 Å². The zero-order chi connectivity index (χ0) is 15.4. The van der Waals surface area contributed by atoms with Crippen LogP contribution in [0, 0.1) is 18.7 Å². The van der Waals surface area contributed by atoms with E-state index < -0.39 is 0 Å². The fraction of sp³-hybridized carbons (Fsp3) is 0.500. The highest BCUT2D eigenvalue weighted by molar-refractivity contribution is 5.79. The van der Waals surface area contributed by atoms with Gasteiger partial charge in [0.15, 0.2) is 0 Å². The van der Waals surface area contributed by atoms with E-state index in [1.807, 2.05) is 0 Å². The molecule has 1 aliphatic rings. The Bertz CT molecular complexity index is 537. The van der Waals surface area contributed by atoms with Gasteiger partial charge in [0.05, 0.1) is 0 Å². The molecule has 4 nitrogen and oxygen atoms in total. The van der Waals surface area contributed by atoms with Crippen LogP contribution in [0.4, 0.5) is 4.39 Å². The summed E-state index contributed by atoms with van der Waals surface area (Å²) in [6, 6.07) is 4.84. The number of piperidine rings is 1. The number of halogens is 1. The van der Waals surface area contributed by atoms with Gasteiger partial charge in [-0.25, -0.2) is 4.39 Å². The Kier molecular flexibility index (Phi) is 4.94. The first-order valence-corrected chi connectivity index (χ1v) is 7.25. The summed E-state index contributed by atoms with van der Waals surface area (Å²) in [4.78, 5) is 25.1. The second kappa shape index (κ2) is 6.70. The third-order valence-electron chi connectivity index (χ3n) is 4.00. The molecule has 1 heterocycles. The summed E-state index contributed by atoms with van der Waals surface area (Å²) in [6.07, 6.45) is 1.40. The smallest absolute Gasteiger partial charge is 0.223 e. The van der Waals surface area contributed by atoms with Crippen LogP contribution in [-0.2, 0) is 16.1 Å². The topological polar surface area (TPSA) is 49.4 Å². The molecule has 0 saturated carbocycles. The average molecular weight is 292 g/mol. The van der Waals surface area contributed by atoms with E-state index in [0.717, 1.165) is 5.56 Å². The molecule has 0 unspecified atom stereocenters. The SMILES string of the molecule is CC(=O)N1CCC(C(=O)NCc2ccc(F)c(C)c2)CC1. The Balaban J connectivity index is 1.82. The van der Waals surface area contributed by atoms with Crippen molar-refractivity contribution in [2.24, 2.45) is 5.92 Å². The van der Waals surface area contributed by atoms with Gasteiger partial charge in [0.25, 0.3) is 0 Å². The van der Waals surface area contributed by atoms with Crippen LogP contribution in [0.5, 0.6) is 0 Å². The van der Waals surface area contributed by atoms with E-state index in [1.165, 1.54) is 6.07 Å². The number of aryl methyl sites for hydroxylation is 1. The summed E-state index contributed by atoms with van der Waals surface area (Å²) in [7, 11) is 0. The molecular weight excluding hydrogens is 271 g/mol. The Hall–Kier alpha value is -1.91. The van der Waals surface area contributed by atoms with Gasteiger partial charge in [-0.1, -0.05) is 12.1 Å². The predicted molar refractivity (Wildman–Crippen MR) is 78.0 cm³/mol. The number of likely N-dealkylation sites (tertiary alicyclic amines) is 1. The zero-order valence-corrected chi connectivity index (χ0v) is 12.5. The maximum absolute atomic E-state index is 13.2. The third-order valence-corrected chi connectivity index (χ3v) is 4.00. The van der Waals surface area contributed by atoms with Crippen molar-refractivity contribution in [3.63, 3.8) is 0 Å². The van der Waals surface area contributed by atoms with Crippen LogP contribution in [0.3, 0.4) is 0 Å². The van der Waals surface area contributed by atoms with Gasteiger partial charge in [-0.15, -0.1) is 0 Å². The fourth-order valence-electron chi connectivity index (χ4n) is 2.61. The predicted octanol–water partition coefficient (Wildman–Crippen LogP) is 2.01. The lowest BCUT2D eigenvalue weighted by Crippen LogP contribution is -2.42. The summed E-state index contributed by atoms with van der Waals surface area (Å²) < 4.78 is 13.2. The van der Waals surface area contributed by atoms with E-state index in [-0.39, 0.29) is 23.5 Å². The molecular formula is C16H21FN2O2. The van der Waals surface area contributed by atoms with Crippen molar-refractivity contribution in [2.45, 2.75) is 33.2 Å². The van der Waals surface area contributed by atoms with Gasteiger partial charge >= 0.3 is 0 Å². The van der Waals surface area contributed by atoms with Crippen molar-refractivity contribution >= 4 is 11.8 Å². The van der Waals surface area contributed by atoms with Crippen LogP contribution in [0.2, 0.25) is 0 Å². The molecule has 114 valence electrons. The monoisotopic (exact) mass is 292 g/mol.